The molecule has 0 radical (unpaired) electrons. The molecule has 0 bridgehead atoms. The maximum atomic E-state index is 12.8. The molecule has 6 nitrogen and oxygen atoms in total. The van der Waals surface area contributed by atoms with Gasteiger partial charge in [0.2, 0.25) is 10.0 Å². The molecule has 0 fully saturated rings. The first-order valence-electron chi connectivity index (χ1n) is 8.03. The summed E-state index contributed by atoms with van der Waals surface area (Å²) in [6, 6.07) is 15.3. The third kappa shape index (κ3) is 2.99. The number of rotatable bonds is 5. The van der Waals surface area contributed by atoms with Gasteiger partial charge in [-0.25, -0.2) is 8.42 Å². The lowest BCUT2D eigenvalue weighted by atomic mass is 9.77. The molecule has 0 spiro atoms. The molecule has 1 aliphatic heterocycles. The summed E-state index contributed by atoms with van der Waals surface area (Å²) in [5.74, 6) is -0.874. The topological polar surface area (TPSA) is 80.8 Å². The number of benzene rings is 2. The number of Topliss-reactive ketones (excluding diaryl/α,β-unsaturated/α-hetero) is 1. The molecule has 0 aromatic heterocycles. The summed E-state index contributed by atoms with van der Waals surface area (Å²) in [7, 11) is -2.38. The highest BCUT2D eigenvalue weighted by Gasteiger charge is 2.52. The lowest BCUT2D eigenvalue weighted by Crippen LogP contribution is -2.44. The Morgan fingerprint density at radius 3 is 2.31 bits per heavy atom. The predicted octanol–water partition coefficient (Wildman–Crippen LogP) is 2.15. The Morgan fingerprint density at radius 2 is 1.69 bits per heavy atom. The van der Waals surface area contributed by atoms with Gasteiger partial charge in [0.1, 0.15) is 5.41 Å². The van der Waals surface area contributed by atoms with Gasteiger partial charge < -0.3 is 4.74 Å². The van der Waals surface area contributed by atoms with E-state index in [1.165, 1.54) is 7.11 Å². The quantitative estimate of drug-likeness (QED) is 0.593. The lowest BCUT2D eigenvalue weighted by molar-refractivity contribution is -0.146. The molecule has 1 heterocycles. The van der Waals surface area contributed by atoms with Crippen molar-refractivity contribution in [1.29, 1.82) is 0 Å². The Kier molecular flexibility index (Phi) is 4.58. The number of methoxy groups -OCH3 is 1. The molecule has 7 heteroatoms. The first-order valence-corrected chi connectivity index (χ1v) is 9.88. The van der Waals surface area contributed by atoms with E-state index in [-0.39, 0.29) is 18.7 Å². The number of carbonyl (C=O) groups excluding carboxylic acids is 2. The van der Waals surface area contributed by atoms with E-state index in [0.29, 0.717) is 16.8 Å². The van der Waals surface area contributed by atoms with E-state index in [9.17, 15) is 18.0 Å². The van der Waals surface area contributed by atoms with E-state index in [1.807, 2.05) is 0 Å². The zero-order valence-electron chi connectivity index (χ0n) is 14.5. The molecule has 0 saturated heterocycles. The third-order valence-electron chi connectivity index (χ3n) is 4.64. The van der Waals surface area contributed by atoms with Crippen molar-refractivity contribution in [1.82, 2.24) is 0 Å². The molecule has 2 aromatic carbocycles. The highest BCUT2D eigenvalue weighted by molar-refractivity contribution is 7.92. The normalized spacial score (nSPS) is 19.1. The molecular weight excluding hydrogens is 354 g/mol. The van der Waals surface area contributed by atoms with Crippen molar-refractivity contribution in [2.45, 2.75) is 11.8 Å². The van der Waals surface area contributed by atoms with Crippen molar-refractivity contribution < 1.29 is 22.7 Å². The Labute approximate surface area is 152 Å². The van der Waals surface area contributed by atoms with Crippen molar-refractivity contribution >= 4 is 27.5 Å². The van der Waals surface area contributed by atoms with E-state index < -0.39 is 21.4 Å². The summed E-state index contributed by atoms with van der Waals surface area (Å²) in [5.41, 5.74) is -0.0182. The second-order valence-electron chi connectivity index (χ2n) is 6.33. The second kappa shape index (κ2) is 6.57. The molecule has 1 unspecified atom stereocenters. The van der Waals surface area contributed by atoms with Crippen LogP contribution < -0.4 is 4.31 Å². The molecule has 1 aliphatic rings. The van der Waals surface area contributed by atoms with Gasteiger partial charge >= 0.3 is 5.97 Å². The smallest absolute Gasteiger partial charge is 0.318 e. The predicted molar refractivity (Wildman–Crippen MR) is 97.7 cm³/mol. The van der Waals surface area contributed by atoms with Gasteiger partial charge in [0.25, 0.3) is 0 Å². The number of hydrogen-bond acceptors (Lipinski definition) is 5. The molecule has 0 N–H and O–H groups in total. The van der Waals surface area contributed by atoms with Gasteiger partial charge in [0.05, 0.1) is 25.6 Å². The Balaban J connectivity index is 2.12. The molecule has 0 amide bonds. The van der Waals surface area contributed by atoms with Gasteiger partial charge in [0.15, 0.2) is 5.78 Å². The SMILES string of the molecule is COC(=O)C1(CC(=O)c2ccccc2)CN(S(C)(=O)=O)c2ccccc21. The van der Waals surface area contributed by atoms with Crippen molar-refractivity contribution in [3.63, 3.8) is 0 Å². The number of sulfonamides is 1. The number of carbonyl (C=O) groups is 2. The maximum Gasteiger partial charge on any atom is 0.318 e. The van der Waals surface area contributed by atoms with Crippen LogP contribution in [0.15, 0.2) is 54.6 Å². The van der Waals surface area contributed by atoms with Crippen LogP contribution in [-0.2, 0) is 25.0 Å². The van der Waals surface area contributed by atoms with Crippen molar-refractivity contribution in [3.8, 4) is 0 Å². The fourth-order valence-electron chi connectivity index (χ4n) is 3.40. The van der Waals surface area contributed by atoms with E-state index in [0.717, 1.165) is 10.6 Å². The zero-order chi connectivity index (χ0) is 18.9. The standard InChI is InChI=1S/C19H19NO5S/c1-25-18(22)19(12-17(21)14-8-4-3-5-9-14)13-20(26(2,23)24)16-11-7-6-10-15(16)19/h3-11H,12-13H2,1-2H3. The Morgan fingerprint density at radius 1 is 1.08 bits per heavy atom. The number of para-hydroxylation sites is 1. The Hall–Kier alpha value is -2.67. The number of nitrogens with zero attached hydrogens (tertiary/aromatic N) is 1. The molecule has 0 aliphatic carbocycles. The largest absolute Gasteiger partial charge is 0.468 e. The van der Waals surface area contributed by atoms with Crippen LogP contribution in [0.4, 0.5) is 5.69 Å². The fourth-order valence-corrected chi connectivity index (χ4v) is 4.37. The van der Waals surface area contributed by atoms with Crippen LogP contribution in [-0.4, -0.2) is 40.1 Å². The monoisotopic (exact) mass is 373 g/mol. The highest BCUT2D eigenvalue weighted by Crippen LogP contribution is 2.45. The van der Waals surface area contributed by atoms with Gasteiger partial charge in [-0.2, -0.15) is 0 Å². The average molecular weight is 373 g/mol. The van der Waals surface area contributed by atoms with E-state index in [2.05, 4.69) is 0 Å². The number of hydrogen-bond donors (Lipinski definition) is 0. The van der Waals surface area contributed by atoms with Crippen LogP contribution in [0.2, 0.25) is 0 Å². The molecule has 0 saturated carbocycles. The summed E-state index contributed by atoms with van der Waals surface area (Å²) in [5, 5.41) is 0. The lowest BCUT2D eigenvalue weighted by Gasteiger charge is -2.26. The number of ketones is 1. The van der Waals surface area contributed by atoms with Crippen LogP contribution in [0.5, 0.6) is 0 Å². The van der Waals surface area contributed by atoms with Crippen LogP contribution in [0.1, 0.15) is 22.3 Å². The number of fused-ring (bicyclic) bond motifs is 1. The number of esters is 1. The van der Waals surface area contributed by atoms with E-state index in [1.54, 1.807) is 54.6 Å². The van der Waals surface area contributed by atoms with Gasteiger partial charge in [-0.3, -0.25) is 13.9 Å². The van der Waals surface area contributed by atoms with E-state index >= 15 is 0 Å². The van der Waals surface area contributed by atoms with Crippen LogP contribution in [0, 0.1) is 0 Å². The highest BCUT2D eigenvalue weighted by atomic mass is 32.2. The summed E-state index contributed by atoms with van der Waals surface area (Å²) < 4.78 is 30.6. The van der Waals surface area contributed by atoms with Gasteiger partial charge in [-0.1, -0.05) is 48.5 Å². The molecule has 26 heavy (non-hydrogen) atoms. The first kappa shape index (κ1) is 18.1. The average Bonchev–Trinajstić information content (AvgIpc) is 2.98. The maximum absolute atomic E-state index is 12.8. The minimum Gasteiger partial charge on any atom is -0.468 e. The molecular formula is C19H19NO5S. The molecule has 3 rings (SSSR count). The zero-order valence-corrected chi connectivity index (χ0v) is 15.3. The van der Waals surface area contributed by atoms with Crippen LogP contribution in [0.3, 0.4) is 0 Å². The van der Waals surface area contributed by atoms with Gasteiger partial charge in [0, 0.05) is 12.0 Å². The summed E-state index contributed by atoms with van der Waals surface area (Å²) in [6.07, 6.45) is 0.906. The van der Waals surface area contributed by atoms with Crippen molar-refractivity contribution in [2.24, 2.45) is 0 Å². The van der Waals surface area contributed by atoms with Gasteiger partial charge in [-0.05, 0) is 11.6 Å². The van der Waals surface area contributed by atoms with E-state index in [4.69, 9.17) is 4.74 Å². The molecule has 2 aromatic rings. The van der Waals surface area contributed by atoms with Crippen LogP contribution >= 0.6 is 0 Å². The fraction of sp³-hybridized carbons (Fsp3) is 0.263. The Bertz CT molecular complexity index is 955. The van der Waals surface area contributed by atoms with Gasteiger partial charge in [-0.15, -0.1) is 0 Å². The second-order valence-corrected chi connectivity index (χ2v) is 8.23. The molecule has 136 valence electrons. The number of anilines is 1. The first-order chi connectivity index (χ1) is 12.3. The third-order valence-corrected chi connectivity index (χ3v) is 5.76. The van der Waals surface area contributed by atoms with Crippen molar-refractivity contribution in [2.75, 3.05) is 24.2 Å². The van der Waals surface area contributed by atoms with Crippen LogP contribution in [0.25, 0.3) is 0 Å². The molecule has 1 atom stereocenters. The minimum absolute atomic E-state index is 0.156. The summed E-state index contributed by atoms with van der Waals surface area (Å²) in [6.45, 7) is -0.156. The summed E-state index contributed by atoms with van der Waals surface area (Å²) in [4.78, 5) is 25.6. The number of ether oxygens (including phenoxy) is 1. The minimum atomic E-state index is -3.61. The van der Waals surface area contributed by atoms with Crippen molar-refractivity contribution in [3.05, 3.63) is 65.7 Å². The summed E-state index contributed by atoms with van der Waals surface area (Å²) >= 11 is 0.